The van der Waals surface area contributed by atoms with Gasteiger partial charge in [-0.3, -0.25) is 4.79 Å². The van der Waals surface area contributed by atoms with Crippen molar-refractivity contribution in [2.24, 2.45) is 7.05 Å². The molecule has 1 unspecified atom stereocenters. The fourth-order valence-corrected chi connectivity index (χ4v) is 2.73. The van der Waals surface area contributed by atoms with Crippen LogP contribution in [0.4, 0.5) is 10.1 Å². The van der Waals surface area contributed by atoms with Crippen molar-refractivity contribution >= 4 is 23.4 Å². The number of imidazole rings is 1. The first-order chi connectivity index (χ1) is 10.4. The molecule has 1 amide bonds. The molecule has 1 atom stereocenters. The Morgan fingerprint density at radius 2 is 2.27 bits per heavy atom. The second-order valence-corrected chi connectivity index (χ2v) is 6.27. The number of thioether (sulfide) groups is 1. The molecule has 2 aromatic rings. The maximum Gasteiger partial charge on any atom is 0.237 e. The molecule has 0 radical (unpaired) electrons. The average molecular weight is 323 g/mol. The van der Waals surface area contributed by atoms with Crippen molar-refractivity contribution < 1.29 is 14.3 Å². The summed E-state index contributed by atoms with van der Waals surface area (Å²) in [7, 11) is 1.78. The highest BCUT2D eigenvalue weighted by Gasteiger charge is 2.18. The second kappa shape index (κ2) is 6.93. The Kier molecular flexibility index (Phi) is 5.20. The van der Waals surface area contributed by atoms with E-state index in [0.29, 0.717) is 16.5 Å². The fourth-order valence-electron chi connectivity index (χ4n) is 1.86. The lowest BCUT2D eigenvalue weighted by molar-refractivity contribution is -0.115. The van der Waals surface area contributed by atoms with Crippen LogP contribution in [0.5, 0.6) is 0 Å². The molecule has 7 heteroatoms. The lowest BCUT2D eigenvalue weighted by atomic mass is 10.2. The number of halogens is 1. The quantitative estimate of drug-likeness (QED) is 0.830. The Morgan fingerprint density at radius 3 is 2.91 bits per heavy atom. The molecule has 0 aliphatic rings. The van der Waals surface area contributed by atoms with Gasteiger partial charge < -0.3 is 15.0 Å². The fraction of sp³-hybridized carbons (Fsp3) is 0.333. The van der Waals surface area contributed by atoms with Gasteiger partial charge in [0.15, 0.2) is 5.16 Å². The normalized spacial score (nSPS) is 12.2. The summed E-state index contributed by atoms with van der Waals surface area (Å²) in [6.45, 7) is 3.45. The number of carbonyl (C=O) groups is 1. The summed E-state index contributed by atoms with van der Waals surface area (Å²) in [4.78, 5) is 16.4. The first kappa shape index (κ1) is 16.5. The molecule has 0 saturated heterocycles. The summed E-state index contributed by atoms with van der Waals surface area (Å²) in [6, 6.07) is 4.28. The number of rotatable bonds is 5. The number of carbonyl (C=O) groups excluding carboxylic acids is 1. The maximum atomic E-state index is 13.2. The van der Waals surface area contributed by atoms with E-state index in [4.69, 9.17) is 5.11 Å². The number of aliphatic hydroxyl groups excluding tert-OH is 1. The number of aromatic nitrogens is 2. The molecule has 0 bridgehead atoms. The molecule has 118 valence electrons. The SMILES string of the molecule is Cc1ccc(F)cc1NC(=O)C(C)Sc1ncc(CO)n1C. The third kappa shape index (κ3) is 3.66. The first-order valence-corrected chi connectivity index (χ1v) is 7.65. The third-order valence-electron chi connectivity index (χ3n) is 3.31. The Balaban J connectivity index is 2.06. The Labute approximate surface area is 132 Å². The molecular formula is C15H18FN3O2S. The van der Waals surface area contributed by atoms with Gasteiger partial charge in [0.1, 0.15) is 5.82 Å². The van der Waals surface area contributed by atoms with Gasteiger partial charge in [0.05, 0.1) is 23.7 Å². The molecule has 0 aliphatic heterocycles. The highest BCUT2D eigenvalue weighted by molar-refractivity contribution is 8.00. The molecule has 0 fully saturated rings. The smallest absolute Gasteiger partial charge is 0.237 e. The van der Waals surface area contributed by atoms with Gasteiger partial charge in [0.25, 0.3) is 0 Å². The van der Waals surface area contributed by atoms with Crippen LogP contribution in [-0.2, 0) is 18.4 Å². The van der Waals surface area contributed by atoms with E-state index >= 15 is 0 Å². The van der Waals surface area contributed by atoms with Crippen LogP contribution in [0.1, 0.15) is 18.2 Å². The summed E-state index contributed by atoms with van der Waals surface area (Å²) in [5, 5.41) is 12.1. The summed E-state index contributed by atoms with van der Waals surface area (Å²) in [5.74, 6) is -0.620. The zero-order valence-electron chi connectivity index (χ0n) is 12.6. The summed E-state index contributed by atoms with van der Waals surface area (Å²) in [6.07, 6.45) is 1.57. The first-order valence-electron chi connectivity index (χ1n) is 6.77. The molecule has 0 saturated carbocycles. The van der Waals surface area contributed by atoms with Crippen molar-refractivity contribution in [2.75, 3.05) is 5.32 Å². The second-order valence-electron chi connectivity index (χ2n) is 4.96. The van der Waals surface area contributed by atoms with Gasteiger partial charge >= 0.3 is 0 Å². The number of aryl methyl sites for hydroxylation is 1. The van der Waals surface area contributed by atoms with Crippen LogP contribution in [0.2, 0.25) is 0 Å². The maximum absolute atomic E-state index is 13.2. The van der Waals surface area contributed by atoms with Crippen molar-refractivity contribution in [1.29, 1.82) is 0 Å². The number of amides is 1. The molecule has 0 aliphatic carbocycles. The molecule has 5 nitrogen and oxygen atoms in total. The summed E-state index contributed by atoms with van der Waals surface area (Å²) in [5.41, 5.74) is 1.94. The van der Waals surface area contributed by atoms with E-state index in [1.807, 2.05) is 0 Å². The van der Waals surface area contributed by atoms with E-state index < -0.39 is 11.1 Å². The largest absolute Gasteiger partial charge is 0.390 e. The Hall–Kier alpha value is -1.86. The molecular weight excluding hydrogens is 305 g/mol. The van der Waals surface area contributed by atoms with Gasteiger partial charge in [-0.25, -0.2) is 9.37 Å². The predicted octanol–water partition coefficient (Wildman–Crippen LogP) is 2.48. The van der Waals surface area contributed by atoms with Gasteiger partial charge in [-0.15, -0.1) is 0 Å². The molecule has 0 spiro atoms. The molecule has 2 N–H and O–H groups in total. The average Bonchev–Trinajstić information content (AvgIpc) is 2.83. The zero-order valence-corrected chi connectivity index (χ0v) is 13.4. The van der Waals surface area contributed by atoms with Crippen molar-refractivity contribution in [3.05, 3.63) is 41.5 Å². The van der Waals surface area contributed by atoms with E-state index in [0.717, 1.165) is 5.56 Å². The molecule has 1 aromatic heterocycles. The highest BCUT2D eigenvalue weighted by atomic mass is 32.2. The van der Waals surface area contributed by atoms with Gasteiger partial charge in [0, 0.05) is 12.7 Å². The van der Waals surface area contributed by atoms with E-state index in [-0.39, 0.29) is 12.5 Å². The van der Waals surface area contributed by atoms with Crippen LogP contribution >= 0.6 is 11.8 Å². The zero-order chi connectivity index (χ0) is 16.3. The standard InChI is InChI=1S/C15H18FN3O2S/c1-9-4-5-11(16)6-13(9)18-14(21)10(2)22-15-17-7-12(8-20)19(15)3/h4-7,10,20H,8H2,1-3H3,(H,18,21). The monoisotopic (exact) mass is 323 g/mol. The van der Waals surface area contributed by atoms with Gasteiger partial charge in [-0.1, -0.05) is 17.8 Å². The Morgan fingerprint density at radius 1 is 1.55 bits per heavy atom. The topological polar surface area (TPSA) is 67.2 Å². The van der Waals surface area contributed by atoms with Crippen LogP contribution in [0.3, 0.4) is 0 Å². The lowest BCUT2D eigenvalue weighted by Crippen LogP contribution is -2.23. The minimum absolute atomic E-state index is 0.104. The van der Waals surface area contributed by atoms with Crippen LogP contribution in [0.15, 0.2) is 29.6 Å². The van der Waals surface area contributed by atoms with Crippen molar-refractivity contribution in [3.63, 3.8) is 0 Å². The molecule has 1 heterocycles. The Bertz CT molecular complexity index is 687. The summed E-state index contributed by atoms with van der Waals surface area (Å²) >= 11 is 1.28. The lowest BCUT2D eigenvalue weighted by Gasteiger charge is -2.13. The number of aliphatic hydroxyl groups is 1. The number of hydrogen-bond acceptors (Lipinski definition) is 4. The van der Waals surface area contributed by atoms with E-state index in [9.17, 15) is 9.18 Å². The van der Waals surface area contributed by atoms with Crippen LogP contribution < -0.4 is 5.32 Å². The number of benzene rings is 1. The van der Waals surface area contributed by atoms with Gasteiger partial charge in [-0.2, -0.15) is 0 Å². The number of nitrogens with one attached hydrogen (secondary N) is 1. The molecule has 2 rings (SSSR count). The molecule has 1 aromatic carbocycles. The van der Waals surface area contributed by atoms with E-state index in [2.05, 4.69) is 10.3 Å². The number of anilines is 1. The van der Waals surface area contributed by atoms with E-state index in [1.165, 1.54) is 23.9 Å². The van der Waals surface area contributed by atoms with Gasteiger partial charge in [-0.05, 0) is 31.5 Å². The number of nitrogens with zero attached hydrogens (tertiary/aromatic N) is 2. The van der Waals surface area contributed by atoms with Crippen LogP contribution in [0.25, 0.3) is 0 Å². The van der Waals surface area contributed by atoms with Crippen molar-refractivity contribution in [2.45, 2.75) is 30.9 Å². The minimum Gasteiger partial charge on any atom is -0.390 e. The third-order valence-corrected chi connectivity index (χ3v) is 4.47. The van der Waals surface area contributed by atoms with Gasteiger partial charge in [0.2, 0.25) is 5.91 Å². The predicted molar refractivity (Wildman–Crippen MR) is 84.2 cm³/mol. The van der Waals surface area contributed by atoms with E-state index in [1.54, 1.807) is 37.7 Å². The molecule has 22 heavy (non-hydrogen) atoms. The van der Waals surface area contributed by atoms with Crippen molar-refractivity contribution in [1.82, 2.24) is 9.55 Å². The summed E-state index contributed by atoms with van der Waals surface area (Å²) < 4.78 is 15.0. The number of hydrogen-bond donors (Lipinski definition) is 2. The highest BCUT2D eigenvalue weighted by Crippen LogP contribution is 2.24. The van der Waals surface area contributed by atoms with Crippen LogP contribution in [-0.4, -0.2) is 25.8 Å². The van der Waals surface area contributed by atoms with Crippen molar-refractivity contribution in [3.8, 4) is 0 Å². The van der Waals surface area contributed by atoms with Crippen LogP contribution in [0, 0.1) is 12.7 Å². The minimum atomic E-state index is -0.407.